The van der Waals surface area contributed by atoms with Crippen molar-refractivity contribution in [3.63, 3.8) is 0 Å². The Kier molecular flexibility index (Phi) is 8.42. The van der Waals surface area contributed by atoms with Crippen LogP contribution in [-0.2, 0) is 4.79 Å². The van der Waals surface area contributed by atoms with Gasteiger partial charge in [-0.25, -0.2) is 4.98 Å². The summed E-state index contributed by atoms with van der Waals surface area (Å²) in [6.07, 6.45) is 13.8. The highest BCUT2D eigenvalue weighted by atomic mass is 32.2. The summed E-state index contributed by atoms with van der Waals surface area (Å²) in [4.78, 5) is 36.1. The lowest BCUT2D eigenvalue weighted by Crippen LogP contribution is -2.34. The lowest BCUT2D eigenvalue weighted by Gasteiger charge is -2.29. The predicted molar refractivity (Wildman–Crippen MR) is 146 cm³/mol. The standard InChI is InChI=1S/C26H34N4O2S2/c1-3-4-5-6-7-11-16-30-25(32)21(34-26(30)33)18-20-23(28-14-9-8-10-15-28)27-22-19(2)13-12-17-29(22)24(20)31/h12-13,17-18H,3-11,14-16H2,1-2H3/b21-18-. The highest BCUT2D eigenvalue weighted by molar-refractivity contribution is 8.26. The molecule has 2 aliphatic rings. The van der Waals surface area contributed by atoms with Gasteiger partial charge in [-0.05, 0) is 50.3 Å². The molecule has 34 heavy (non-hydrogen) atoms. The van der Waals surface area contributed by atoms with E-state index in [2.05, 4.69) is 11.8 Å². The molecule has 2 aliphatic heterocycles. The van der Waals surface area contributed by atoms with Gasteiger partial charge in [-0.1, -0.05) is 69.1 Å². The van der Waals surface area contributed by atoms with Crippen LogP contribution in [0.5, 0.6) is 0 Å². The third-order valence-corrected chi connectivity index (χ3v) is 7.98. The summed E-state index contributed by atoms with van der Waals surface area (Å²) in [5, 5.41) is 0. The molecule has 0 saturated carbocycles. The fourth-order valence-corrected chi connectivity index (χ4v) is 5.94. The number of hydrogen-bond acceptors (Lipinski definition) is 6. The number of pyridine rings is 1. The van der Waals surface area contributed by atoms with Gasteiger partial charge in [-0.15, -0.1) is 0 Å². The van der Waals surface area contributed by atoms with E-state index in [9.17, 15) is 9.59 Å². The Morgan fingerprint density at radius 1 is 1.09 bits per heavy atom. The zero-order valence-electron chi connectivity index (χ0n) is 20.2. The van der Waals surface area contributed by atoms with Crippen molar-refractivity contribution in [2.24, 2.45) is 0 Å². The van der Waals surface area contributed by atoms with Crippen LogP contribution in [0.25, 0.3) is 11.7 Å². The first-order valence-electron chi connectivity index (χ1n) is 12.5. The molecular formula is C26H34N4O2S2. The van der Waals surface area contributed by atoms with E-state index >= 15 is 0 Å². The first-order valence-corrected chi connectivity index (χ1v) is 13.8. The first kappa shape index (κ1) is 24.9. The lowest BCUT2D eigenvalue weighted by molar-refractivity contribution is -0.122. The Balaban J connectivity index is 1.63. The highest BCUT2D eigenvalue weighted by Crippen LogP contribution is 2.34. The van der Waals surface area contributed by atoms with Crippen LogP contribution in [0.3, 0.4) is 0 Å². The molecule has 182 valence electrons. The summed E-state index contributed by atoms with van der Waals surface area (Å²) in [6, 6.07) is 3.82. The molecule has 1 amide bonds. The predicted octanol–water partition coefficient (Wildman–Crippen LogP) is 5.55. The molecule has 0 aliphatic carbocycles. The molecule has 0 spiro atoms. The summed E-state index contributed by atoms with van der Waals surface area (Å²) in [5.41, 5.74) is 1.95. The Bertz CT molecular complexity index is 1150. The SMILES string of the molecule is CCCCCCCCN1C(=O)/C(=C/c2c(N3CCCCC3)nc3c(C)cccn3c2=O)SC1=S. The second-order valence-electron chi connectivity index (χ2n) is 9.19. The average Bonchev–Trinajstić information content (AvgIpc) is 3.11. The summed E-state index contributed by atoms with van der Waals surface area (Å²) in [6.45, 7) is 6.56. The van der Waals surface area contributed by atoms with Gasteiger partial charge in [0.2, 0.25) is 0 Å². The summed E-state index contributed by atoms with van der Waals surface area (Å²) >= 11 is 6.83. The monoisotopic (exact) mass is 498 g/mol. The van der Waals surface area contributed by atoms with E-state index in [1.54, 1.807) is 21.6 Å². The smallest absolute Gasteiger partial charge is 0.267 e. The van der Waals surface area contributed by atoms with Gasteiger partial charge >= 0.3 is 0 Å². The minimum Gasteiger partial charge on any atom is -0.356 e. The summed E-state index contributed by atoms with van der Waals surface area (Å²) in [5.74, 6) is 0.585. The molecule has 0 unspecified atom stereocenters. The zero-order chi connectivity index (χ0) is 24.1. The summed E-state index contributed by atoms with van der Waals surface area (Å²) in [7, 11) is 0. The van der Waals surface area contributed by atoms with Crippen molar-refractivity contribution in [3.05, 3.63) is 44.7 Å². The first-order chi connectivity index (χ1) is 16.5. The molecule has 0 radical (unpaired) electrons. The number of aromatic nitrogens is 2. The second-order valence-corrected chi connectivity index (χ2v) is 10.9. The van der Waals surface area contributed by atoms with E-state index in [0.29, 0.717) is 32.8 Å². The molecule has 4 rings (SSSR count). The highest BCUT2D eigenvalue weighted by Gasteiger charge is 2.32. The van der Waals surface area contributed by atoms with Crippen LogP contribution in [0.1, 0.15) is 75.8 Å². The molecule has 2 saturated heterocycles. The van der Waals surface area contributed by atoms with E-state index in [1.807, 2.05) is 19.1 Å². The quantitative estimate of drug-likeness (QED) is 0.256. The fraction of sp³-hybridized carbons (Fsp3) is 0.538. The van der Waals surface area contributed by atoms with E-state index in [4.69, 9.17) is 17.2 Å². The topological polar surface area (TPSA) is 57.9 Å². The fourth-order valence-electron chi connectivity index (χ4n) is 4.65. The molecule has 2 aromatic rings. The van der Waals surface area contributed by atoms with Crippen LogP contribution in [0.15, 0.2) is 28.0 Å². The maximum atomic E-state index is 13.6. The van der Waals surface area contributed by atoms with Crippen molar-refractivity contribution in [1.82, 2.24) is 14.3 Å². The van der Waals surface area contributed by atoms with Gasteiger partial charge in [0, 0.05) is 25.8 Å². The molecule has 0 N–H and O–H groups in total. The van der Waals surface area contributed by atoms with Gasteiger partial charge in [0.1, 0.15) is 15.8 Å². The van der Waals surface area contributed by atoms with Crippen LogP contribution in [0.4, 0.5) is 5.82 Å². The molecule has 2 aromatic heterocycles. The number of carbonyl (C=O) groups excluding carboxylic acids is 1. The maximum Gasteiger partial charge on any atom is 0.267 e. The Labute approximate surface area is 211 Å². The van der Waals surface area contributed by atoms with Crippen LogP contribution in [0.2, 0.25) is 0 Å². The number of rotatable bonds is 9. The number of carbonyl (C=O) groups is 1. The third kappa shape index (κ3) is 5.38. The molecule has 0 bridgehead atoms. The van der Waals surface area contributed by atoms with E-state index in [-0.39, 0.29) is 11.5 Å². The van der Waals surface area contributed by atoms with Crippen molar-refractivity contribution < 1.29 is 4.79 Å². The van der Waals surface area contributed by atoms with Crippen LogP contribution in [0, 0.1) is 6.92 Å². The number of nitrogens with zero attached hydrogens (tertiary/aromatic N) is 4. The molecule has 8 heteroatoms. The van der Waals surface area contributed by atoms with E-state index < -0.39 is 0 Å². The number of fused-ring (bicyclic) bond motifs is 1. The number of hydrogen-bond donors (Lipinski definition) is 0. The Morgan fingerprint density at radius 3 is 2.59 bits per heavy atom. The van der Waals surface area contributed by atoms with Crippen LogP contribution >= 0.6 is 24.0 Å². The average molecular weight is 499 g/mol. The van der Waals surface area contributed by atoms with Crippen molar-refractivity contribution in [2.45, 2.75) is 71.6 Å². The van der Waals surface area contributed by atoms with Gasteiger partial charge in [0.05, 0.1) is 10.5 Å². The number of thiocarbonyl (C=S) groups is 1. The van der Waals surface area contributed by atoms with Gasteiger partial charge in [0.25, 0.3) is 11.5 Å². The van der Waals surface area contributed by atoms with Crippen molar-refractivity contribution in [3.8, 4) is 0 Å². The summed E-state index contributed by atoms with van der Waals surface area (Å²) < 4.78 is 2.17. The number of thioether (sulfide) groups is 1. The third-order valence-electron chi connectivity index (χ3n) is 6.60. The molecule has 2 fully saturated rings. The van der Waals surface area contributed by atoms with E-state index in [0.717, 1.165) is 44.3 Å². The molecule has 0 aromatic carbocycles. The molecule has 4 heterocycles. The largest absolute Gasteiger partial charge is 0.356 e. The number of piperidine rings is 1. The number of amides is 1. The van der Waals surface area contributed by atoms with E-state index in [1.165, 1.54) is 43.9 Å². The van der Waals surface area contributed by atoms with Crippen LogP contribution < -0.4 is 10.5 Å². The second kappa shape index (κ2) is 11.5. The molecular weight excluding hydrogens is 464 g/mol. The van der Waals surface area contributed by atoms with Crippen molar-refractivity contribution in [2.75, 3.05) is 24.5 Å². The Hall–Kier alpha value is -2.19. The molecule has 6 nitrogen and oxygen atoms in total. The van der Waals surface area contributed by atoms with Gasteiger partial charge < -0.3 is 4.90 Å². The van der Waals surface area contributed by atoms with Gasteiger partial charge in [0.15, 0.2) is 0 Å². The minimum absolute atomic E-state index is 0.0955. The Morgan fingerprint density at radius 2 is 1.82 bits per heavy atom. The number of aryl methyl sites for hydroxylation is 1. The van der Waals surface area contributed by atoms with Gasteiger partial charge in [-0.3, -0.25) is 18.9 Å². The van der Waals surface area contributed by atoms with Gasteiger partial charge in [-0.2, -0.15) is 0 Å². The number of anilines is 1. The van der Waals surface area contributed by atoms with Crippen molar-refractivity contribution in [1.29, 1.82) is 0 Å². The zero-order valence-corrected chi connectivity index (χ0v) is 21.8. The lowest BCUT2D eigenvalue weighted by atomic mass is 10.1. The van der Waals surface area contributed by atoms with Crippen LogP contribution in [-0.4, -0.2) is 44.1 Å². The minimum atomic E-state index is -0.143. The maximum absolute atomic E-state index is 13.6. The molecule has 0 atom stereocenters. The number of unbranched alkanes of at least 4 members (excludes halogenated alkanes) is 5. The van der Waals surface area contributed by atoms with Crippen molar-refractivity contribution >= 4 is 51.7 Å². The normalized spacial score (nSPS) is 18.0.